The first-order valence-corrected chi connectivity index (χ1v) is 5.96. The summed E-state index contributed by atoms with van der Waals surface area (Å²) < 4.78 is 37.6. The average molecular weight is 301 g/mol. The van der Waals surface area contributed by atoms with Gasteiger partial charge in [-0.15, -0.1) is 11.6 Å². The van der Waals surface area contributed by atoms with Gasteiger partial charge in [0, 0.05) is 18.0 Å². The van der Waals surface area contributed by atoms with Crippen LogP contribution < -0.4 is 5.43 Å². The fourth-order valence-corrected chi connectivity index (χ4v) is 2.47. The number of carbonyl (C=O) groups is 1. The molecule has 1 aliphatic heterocycles. The van der Waals surface area contributed by atoms with Gasteiger partial charge in [-0.25, -0.2) is 10.4 Å². The van der Waals surface area contributed by atoms with E-state index in [-0.39, 0.29) is 5.70 Å². The van der Waals surface area contributed by atoms with Crippen molar-refractivity contribution in [2.45, 2.75) is 18.0 Å². The third-order valence-electron chi connectivity index (χ3n) is 2.67. The molecule has 3 nitrogen and oxygen atoms in total. The number of nitrogens with zero attached hydrogens (tertiary/aromatic N) is 1. The largest absolute Gasteiger partial charge is 0.401 e. The highest BCUT2D eigenvalue weighted by Crippen LogP contribution is 2.33. The van der Waals surface area contributed by atoms with Crippen LogP contribution in [0, 0.1) is 5.92 Å². The van der Waals surface area contributed by atoms with Crippen molar-refractivity contribution in [1.29, 1.82) is 0 Å². The van der Waals surface area contributed by atoms with Gasteiger partial charge in [0.25, 0.3) is 5.91 Å². The van der Waals surface area contributed by atoms with Gasteiger partial charge in [-0.05, 0) is 12.2 Å². The smallest absolute Gasteiger partial charge is 0.272 e. The van der Waals surface area contributed by atoms with Crippen LogP contribution in [0.3, 0.4) is 0 Å². The van der Waals surface area contributed by atoms with Gasteiger partial charge >= 0.3 is 6.18 Å². The Morgan fingerprint density at radius 2 is 2.11 bits per heavy atom. The highest BCUT2D eigenvalue weighted by atomic mass is 35.5. The SMILES string of the molecule is O=C1C(C(F)(F)F)CNN1C1=CC(Cl)CC(Cl)=C1. The van der Waals surface area contributed by atoms with Crippen LogP contribution in [-0.4, -0.2) is 29.0 Å². The van der Waals surface area contributed by atoms with E-state index in [2.05, 4.69) is 5.43 Å². The zero-order valence-electron chi connectivity index (χ0n) is 8.97. The molecule has 0 radical (unpaired) electrons. The number of hydrogen-bond acceptors (Lipinski definition) is 2. The first-order valence-electron chi connectivity index (χ1n) is 5.15. The summed E-state index contributed by atoms with van der Waals surface area (Å²) >= 11 is 11.7. The maximum atomic E-state index is 12.5. The molecule has 1 aliphatic carbocycles. The van der Waals surface area contributed by atoms with Crippen molar-refractivity contribution in [2.75, 3.05) is 6.54 Å². The van der Waals surface area contributed by atoms with E-state index >= 15 is 0 Å². The van der Waals surface area contributed by atoms with Gasteiger partial charge in [0.15, 0.2) is 0 Å². The van der Waals surface area contributed by atoms with E-state index in [9.17, 15) is 18.0 Å². The molecule has 18 heavy (non-hydrogen) atoms. The predicted molar refractivity (Wildman–Crippen MR) is 60.7 cm³/mol. The Kier molecular flexibility index (Phi) is 3.62. The highest BCUT2D eigenvalue weighted by molar-refractivity contribution is 6.31. The van der Waals surface area contributed by atoms with Crippen molar-refractivity contribution in [1.82, 2.24) is 10.4 Å². The summed E-state index contributed by atoms with van der Waals surface area (Å²) in [6.45, 7) is -0.474. The van der Waals surface area contributed by atoms with Gasteiger partial charge in [-0.3, -0.25) is 4.79 Å². The number of hydrazine groups is 1. The normalized spacial score (nSPS) is 29.4. The fraction of sp³-hybridized carbons (Fsp3) is 0.500. The van der Waals surface area contributed by atoms with Crippen molar-refractivity contribution >= 4 is 29.1 Å². The van der Waals surface area contributed by atoms with Crippen LogP contribution in [0.2, 0.25) is 0 Å². The third-order valence-corrected chi connectivity index (χ3v) is 3.22. The zero-order valence-corrected chi connectivity index (χ0v) is 10.5. The lowest BCUT2D eigenvalue weighted by atomic mass is 10.1. The zero-order chi connectivity index (χ0) is 13.5. The molecule has 0 aromatic rings. The van der Waals surface area contributed by atoms with Crippen molar-refractivity contribution in [3.63, 3.8) is 0 Å². The van der Waals surface area contributed by atoms with Gasteiger partial charge in [0.1, 0.15) is 5.92 Å². The Hall–Kier alpha value is -0.720. The minimum absolute atomic E-state index is 0.253. The molecule has 0 bridgehead atoms. The summed E-state index contributed by atoms with van der Waals surface area (Å²) in [6, 6.07) is 0. The number of rotatable bonds is 1. The molecule has 1 heterocycles. The van der Waals surface area contributed by atoms with E-state index in [1.165, 1.54) is 12.2 Å². The molecule has 1 fully saturated rings. The molecule has 2 unspecified atom stereocenters. The van der Waals surface area contributed by atoms with Gasteiger partial charge in [0.2, 0.25) is 0 Å². The van der Waals surface area contributed by atoms with E-state index in [0.29, 0.717) is 11.5 Å². The van der Waals surface area contributed by atoms with Crippen molar-refractivity contribution in [3.8, 4) is 0 Å². The molecular weight excluding hydrogens is 292 g/mol. The van der Waals surface area contributed by atoms with E-state index < -0.39 is 29.9 Å². The van der Waals surface area contributed by atoms with Gasteiger partial charge < -0.3 is 0 Å². The van der Waals surface area contributed by atoms with Crippen LogP contribution in [-0.2, 0) is 4.79 Å². The number of nitrogens with one attached hydrogen (secondary N) is 1. The lowest BCUT2D eigenvalue weighted by Gasteiger charge is -2.22. The van der Waals surface area contributed by atoms with Crippen LogP contribution in [0.25, 0.3) is 0 Å². The Morgan fingerprint density at radius 3 is 2.61 bits per heavy atom. The van der Waals surface area contributed by atoms with Crippen LogP contribution >= 0.6 is 23.2 Å². The molecule has 0 saturated carbocycles. The van der Waals surface area contributed by atoms with Crippen molar-refractivity contribution in [2.24, 2.45) is 5.92 Å². The molecule has 1 amide bonds. The van der Waals surface area contributed by atoms with Crippen LogP contribution in [0.1, 0.15) is 6.42 Å². The Morgan fingerprint density at radius 1 is 1.44 bits per heavy atom. The lowest BCUT2D eigenvalue weighted by Crippen LogP contribution is -2.36. The highest BCUT2D eigenvalue weighted by Gasteiger charge is 2.50. The van der Waals surface area contributed by atoms with E-state index in [1.807, 2.05) is 0 Å². The molecule has 0 aromatic heterocycles. The summed E-state index contributed by atoms with van der Waals surface area (Å²) in [4.78, 5) is 11.7. The van der Waals surface area contributed by atoms with Crippen LogP contribution in [0.5, 0.6) is 0 Å². The van der Waals surface area contributed by atoms with E-state index in [1.54, 1.807) is 0 Å². The standard InChI is InChI=1S/C10H9Cl2F3N2O/c11-5-1-6(12)3-7(2-5)17-9(18)8(4-16-17)10(13,14)15/h2-3,5,8,16H,1,4H2. The van der Waals surface area contributed by atoms with E-state index in [0.717, 1.165) is 5.01 Å². The minimum Gasteiger partial charge on any atom is -0.272 e. The van der Waals surface area contributed by atoms with Gasteiger partial charge in [-0.2, -0.15) is 13.2 Å². The first kappa shape index (κ1) is 13.7. The summed E-state index contributed by atoms with van der Waals surface area (Å²) in [7, 11) is 0. The Balaban J connectivity index is 2.20. The maximum Gasteiger partial charge on any atom is 0.401 e. The summed E-state index contributed by atoms with van der Waals surface area (Å²) in [5, 5.41) is 0.823. The van der Waals surface area contributed by atoms with Gasteiger partial charge in [-0.1, -0.05) is 11.6 Å². The summed E-state index contributed by atoms with van der Waals surface area (Å²) in [5.41, 5.74) is 2.66. The fourth-order valence-electron chi connectivity index (χ4n) is 1.81. The molecule has 0 spiro atoms. The molecule has 100 valence electrons. The molecule has 8 heteroatoms. The number of amides is 1. The molecule has 1 N–H and O–H groups in total. The number of allylic oxidation sites excluding steroid dienone is 3. The van der Waals surface area contributed by atoms with Crippen molar-refractivity contribution < 1.29 is 18.0 Å². The van der Waals surface area contributed by atoms with E-state index in [4.69, 9.17) is 23.2 Å². The van der Waals surface area contributed by atoms with Gasteiger partial charge in [0.05, 0.1) is 11.1 Å². The second-order valence-electron chi connectivity index (χ2n) is 4.03. The number of hydrogen-bond donors (Lipinski definition) is 1. The monoisotopic (exact) mass is 300 g/mol. The number of alkyl halides is 4. The second kappa shape index (κ2) is 4.75. The predicted octanol–water partition coefficient (Wildman–Crippen LogP) is 2.53. The van der Waals surface area contributed by atoms with Crippen LogP contribution in [0.4, 0.5) is 13.2 Å². The maximum absolute atomic E-state index is 12.5. The quantitative estimate of drug-likeness (QED) is 0.755. The molecular formula is C10H9Cl2F3N2O. The first-order chi connectivity index (χ1) is 8.29. The Labute approximate surface area is 111 Å². The number of carbonyl (C=O) groups excluding carboxylic acids is 1. The topological polar surface area (TPSA) is 32.3 Å². The molecule has 2 rings (SSSR count). The number of halogens is 5. The third kappa shape index (κ3) is 2.65. The second-order valence-corrected chi connectivity index (χ2v) is 5.08. The summed E-state index contributed by atoms with van der Waals surface area (Å²) in [5.74, 6) is -3.07. The molecule has 1 saturated heterocycles. The lowest BCUT2D eigenvalue weighted by molar-refractivity contribution is -0.178. The molecule has 0 aromatic carbocycles. The molecule has 2 aliphatic rings. The van der Waals surface area contributed by atoms with Crippen LogP contribution in [0.15, 0.2) is 22.9 Å². The Bertz CT molecular complexity index is 433. The average Bonchev–Trinajstić information content (AvgIpc) is 2.57. The minimum atomic E-state index is -4.55. The molecule has 2 atom stereocenters. The summed E-state index contributed by atoms with van der Waals surface area (Å²) in [6.07, 6.45) is -1.22. The van der Waals surface area contributed by atoms with Crippen molar-refractivity contribution in [3.05, 3.63) is 22.9 Å².